The first-order valence-electron chi connectivity index (χ1n) is 13.8. The minimum Gasteiger partial charge on any atom is -0.549 e. The number of aryl methyl sites for hydroxylation is 2. The van der Waals surface area contributed by atoms with E-state index < -0.39 is 11.4 Å². The Labute approximate surface area is 226 Å². The topological polar surface area (TPSA) is 63.7 Å². The molecule has 1 amide bonds. The van der Waals surface area contributed by atoms with Crippen LogP contribution in [0.15, 0.2) is 78.9 Å². The van der Waals surface area contributed by atoms with Crippen LogP contribution in [-0.4, -0.2) is 53.4 Å². The molecular formula is C33H37N2O3-. The number of hydrogen-bond donors (Lipinski definition) is 0. The van der Waals surface area contributed by atoms with Crippen molar-refractivity contribution in [1.29, 1.82) is 0 Å². The molecule has 5 nitrogen and oxygen atoms in total. The van der Waals surface area contributed by atoms with Gasteiger partial charge in [0.2, 0.25) is 0 Å². The lowest BCUT2D eigenvalue weighted by atomic mass is 9.72. The Hall–Kier alpha value is -3.44. The predicted octanol–water partition coefficient (Wildman–Crippen LogP) is 4.30. The van der Waals surface area contributed by atoms with Gasteiger partial charge >= 0.3 is 0 Å². The third-order valence-corrected chi connectivity index (χ3v) is 8.62. The predicted molar refractivity (Wildman–Crippen MR) is 148 cm³/mol. The van der Waals surface area contributed by atoms with E-state index in [-0.39, 0.29) is 11.9 Å². The Bertz CT molecular complexity index is 1250. The van der Waals surface area contributed by atoms with Gasteiger partial charge in [0.05, 0.1) is 5.97 Å². The van der Waals surface area contributed by atoms with Crippen LogP contribution in [0.2, 0.25) is 0 Å². The normalized spacial score (nSPS) is 21.7. The number of amides is 1. The summed E-state index contributed by atoms with van der Waals surface area (Å²) in [6.07, 6.45) is 3.68. The molecule has 3 aromatic rings. The first kappa shape index (κ1) is 26.2. The fraction of sp³-hybridized carbons (Fsp3) is 0.394. The maximum Gasteiger partial charge on any atom is 0.254 e. The van der Waals surface area contributed by atoms with Crippen LogP contribution in [0.3, 0.4) is 0 Å². The summed E-state index contributed by atoms with van der Waals surface area (Å²) in [5.41, 5.74) is 4.11. The van der Waals surface area contributed by atoms with Gasteiger partial charge < -0.3 is 19.7 Å². The van der Waals surface area contributed by atoms with Gasteiger partial charge in [-0.05, 0) is 82.3 Å². The molecule has 2 atom stereocenters. The average molecular weight is 510 g/mol. The molecule has 2 saturated heterocycles. The second-order valence-corrected chi connectivity index (χ2v) is 11.2. The molecular weight excluding hydrogens is 472 g/mol. The summed E-state index contributed by atoms with van der Waals surface area (Å²) < 4.78 is 0. The molecule has 0 aliphatic carbocycles. The highest BCUT2D eigenvalue weighted by atomic mass is 16.4. The van der Waals surface area contributed by atoms with Crippen LogP contribution < -0.4 is 5.11 Å². The molecule has 5 heteroatoms. The van der Waals surface area contributed by atoms with E-state index in [1.807, 2.05) is 62.4 Å². The molecule has 0 saturated carbocycles. The number of carbonyl (C=O) groups excluding carboxylic acids is 2. The first-order chi connectivity index (χ1) is 18.4. The molecule has 38 heavy (non-hydrogen) atoms. The summed E-state index contributed by atoms with van der Waals surface area (Å²) in [4.78, 5) is 30.6. The molecule has 3 aromatic carbocycles. The van der Waals surface area contributed by atoms with E-state index in [4.69, 9.17) is 0 Å². The molecule has 2 unspecified atom stereocenters. The summed E-state index contributed by atoms with van der Waals surface area (Å²) in [5.74, 6) is -0.867. The first-order valence-corrected chi connectivity index (χ1v) is 13.8. The van der Waals surface area contributed by atoms with Gasteiger partial charge in [0.15, 0.2) is 0 Å². The molecule has 0 spiro atoms. The van der Waals surface area contributed by atoms with Gasteiger partial charge in [-0.1, -0.05) is 77.9 Å². The zero-order valence-corrected chi connectivity index (χ0v) is 22.4. The molecule has 2 aliphatic heterocycles. The van der Waals surface area contributed by atoms with Crippen molar-refractivity contribution in [2.24, 2.45) is 0 Å². The summed E-state index contributed by atoms with van der Waals surface area (Å²) >= 11 is 0. The number of carbonyl (C=O) groups is 2. The smallest absolute Gasteiger partial charge is 0.254 e. The van der Waals surface area contributed by atoms with Crippen molar-refractivity contribution in [1.82, 2.24) is 9.80 Å². The molecule has 198 valence electrons. The molecule has 5 rings (SSSR count). The number of nitrogens with zero attached hydrogens (tertiary/aromatic N) is 2. The number of likely N-dealkylation sites (tertiary alicyclic amines) is 2. The number of aliphatic carboxylic acids is 1. The lowest BCUT2D eigenvalue weighted by Gasteiger charge is -2.49. The highest BCUT2D eigenvalue weighted by Gasteiger charge is 2.41. The van der Waals surface area contributed by atoms with Crippen LogP contribution in [0.25, 0.3) is 0 Å². The van der Waals surface area contributed by atoms with Gasteiger partial charge in [-0.25, -0.2) is 0 Å². The highest BCUT2D eigenvalue weighted by Crippen LogP contribution is 2.37. The van der Waals surface area contributed by atoms with Crippen LogP contribution in [-0.2, 0) is 16.6 Å². The largest absolute Gasteiger partial charge is 0.549 e. The summed E-state index contributed by atoms with van der Waals surface area (Å²) in [6.45, 7) is 6.22. The van der Waals surface area contributed by atoms with E-state index in [0.717, 1.165) is 54.6 Å². The van der Waals surface area contributed by atoms with Crippen molar-refractivity contribution in [3.8, 4) is 0 Å². The summed E-state index contributed by atoms with van der Waals surface area (Å²) in [5, 5.41) is 12.3. The van der Waals surface area contributed by atoms with Crippen LogP contribution in [0.5, 0.6) is 0 Å². The number of piperidine rings is 2. The van der Waals surface area contributed by atoms with Crippen molar-refractivity contribution >= 4 is 11.9 Å². The highest BCUT2D eigenvalue weighted by molar-refractivity contribution is 5.95. The van der Waals surface area contributed by atoms with E-state index in [0.29, 0.717) is 25.4 Å². The number of carboxylic acids is 1. The van der Waals surface area contributed by atoms with E-state index >= 15 is 0 Å². The van der Waals surface area contributed by atoms with E-state index in [9.17, 15) is 14.7 Å². The van der Waals surface area contributed by atoms with Crippen molar-refractivity contribution in [2.75, 3.05) is 19.6 Å². The second-order valence-electron chi connectivity index (χ2n) is 11.2. The van der Waals surface area contributed by atoms with Gasteiger partial charge in [-0.3, -0.25) is 4.79 Å². The molecule has 0 bridgehead atoms. The molecule has 2 aliphatic rings. The summed E-state index contributed by atoms with van der Waals surface area (Å²) in [7, 11) is 0. The van der Waals surface area contributed by atoms with Crippen molar-refractivity contribution in [2.45, 2.75) is 63.5 Å². The van der Waals surface area contributed by atoms with Crippen LogP contribution in [0.1, 0.15) is 58.3 Å². The Morgan fingerprint density at radius 2 is 1.47 bits per heavy atom. The van der Waals surface area contributed by atoms with Gasteiger partial charge in [0, 0.05) is 29.6 Å². The molecule has 2 fully saturated rings. The Balaban J connectivity index is 1.34. The Kier molecular flexibility index (Phi) is 7.66. The molecule has 2 heterocycles. The molecule has 0 radical (unpaired) electrons. The Morgan fingerprint density at radius 1 is 0.868 bits per heavy atom. The monoisotopic (exact) mass is 509 g/mol. The van der Waals surface area contributed by atoms with Gasteiger partial charge in [-0.2, -0.15) is 0 Å². The van der Waals surface area contributed by atoms with Crippen molar-refractivity contribution in [3.63, 3.8) is 0 Å². The lowest BCUT2D eigenvalue weighted by molar-refractivity contribution is -0.315. The van der Waals surface area contributed by atoms with Crippen LogP contribution in [0, 0.1) is 13.8 Å². The number of hydrogen-bond acceptors (Lipinski definition) is 4. The maximum absolute atomic E-state index is 13.7. The Morgan fingerprint density at radius 3 is 2.08 bits per heavy atom. The zero-order valence-electron chi connectivity index (χ0n) is 22.4. The number of rotatable bonds is 6. The second kappa shape index (κ2) is 11.1. The zero-order chi connectivity index (χ0) is 26.7. The molecule has 0 N–H and O–H groups in total. The quantitative estimate of drug-likeness (QED) is 0.497. The lowest BCUT2D eigenvalue weighted by Crippen LogP contribution is -2.57. The number of benzene rings is 3. The van der Waals surface area contributed by atoms with Crippen molar-refractivity contribution < 1.29 is 14.7 Å². The molecule has 0 aromatic heterocycles. The van der Waals surface area contributed by atoms with Crippen LogP contribution >= 0.6 is 0 Å². The third kappa shape index (κ3) is 5.39. The van der Waals surface area contributed by atoms with E-state index in [2.05, 4.69) is 40.1 Å². The van der Waals surface area contributed by atoms with Crippen molar-refractivity contribution in [3.05, 3.63) is 107 Å². The third-order valence-electron chi connectivity index (χ3n) is 8.62. The number of carboxylic acid groups (broad SMARTS) is 1. The van der Waals surface area contributed by atoms with Gasteiger partial charge in [0.1, 0.15) is 0 Å². The van der Waals surface area contributed by atoms with Gasteiger partial charge in [-0.15, -0.1) is 0 Å². The maximum atomic E-state index is 13.7. The standard InChI is InChI=1S/C33H38N2O3/c1-24-19-25(2)21-27(20-24)31(36)35-16-13-29(23-30(35)22-26-9-5-3-6-10-26)34-17-14-33(15-18-34,32(37)38)28-11-7-4-8-12-28/h3-12,19-21,29-30H,13-18,22-23H2,1-2H3,(H,37,38)/p-1. The van der Waals surface area contributed by atoms with Crippen LogP contribution in [0.4, 0.5) is 0 Å². The van der Waals surface area contributed by atoms with Gasteiger partial charge in [0.25, 0.3) is 5.91 Å². The average Bonchev–Trinajstić information content (AvgIpc) is 2.93. The fourth-order valence-electron chi connectivity index (χ4n) is 6.61. The minimum atomic E-state index is -0.973. The fourth-order valence-corrected chi connectivity index (χ4v) is 6.61. The SMILES string of the molecule is Cc1cc(C)cc(C(=O)N2CCC(N3CCC(C(=O)[O-])(c4ccccc4)CC3)CC2Cc2ccccc2)c1. The van der Waals surface area contributed by atoms with E-state index in [1.54, 1.807) is 0 Å². The summed E-state index contributed by atoms with van der Waals surface area (Å²) in [6, 6.07) is 26.5. The minimum absolute atomic E-state index is 0.0893. The van der Waals surface area contributed by atoms with E-state index in [1.165, 1.54) is 5.56 Å².